The minimum Gasteiger partial charge on any atom is -0.381 e. The lowest BCUT2D eigenvalue weighted by atomic mass is 9.96. The molecule has 0 spiro atoms. The van der Waals surface area contributed by atoms with Crippen molar-refractivity contribution in [2.24, 2.45) is 5.92 Å². The summed E-state index contributed by atoms with van der Waals surface area (Å²) in [4.78, 5) is 6.37. The first-order valence-corrected chi connectivity index (χ1v) is 7.89. The maximum absolute atomic E-state index is 5.44. The summed E-state index contributed by atoms with van der Waals surface area (Å²) in [6.07, 6.45) is 4.77. The molecule has 3 heterocycles. The second kappa shape index (κ2) is 5.68. The van der Waals surface area contributed by atoms with E-state index in [1.807, 2.05) is 11.3 Å². The average molecular weight is 266 g/mol. The Kier molecular flexibility index (Phi) is 3.97. The fourth-order valence-corrected chi connectivity index (χ4v) is 4.17. The topological polar surface area (TPSA) is 34.2 Å². The number of hydrogen-bond acceptors (Lipinski definition) is 4. The summed E-state index contributed by atoms with van der Waals surface area (Å²) in [6, 6.07) is 0. The molecule has 2 aliphatic heterocycles. The van der Waals surface area contributed by atoms with Crippen LogP contribution in [0.3, 0.4) is 0 Å². The lowest BCUT2D eigenvalue weighted by Gasteiger charge is -2.20. The maximum atomic E-state index is 5.44. The van der Waals surface area contributed by atoms with Gasteiger partial charge in [-0.3, -0.25) is 0 Å². The first kappa shape index (κ1) is 12.6. The zero-order chi connectivity index (χ0) is 12.4. The van der Waals surface area contributed by atoms with E-state index >= 15 is 0 Å². The molecule has 1 aromatic rings. The Balaban J connectivity index is 1.69. The van der Waals surface area contributed by atoms with Crippen molar-refractivity contribution in [3.8, 4) is 0 Å². The molecule has 1 atom stereocenters. The molecule has 18 heavy (non-hydrogen) atoms. The molecule has 0 bridgehead atoms. The highest BCUT2D eigenvalue weighted by Crippen LogP contribution is 2.32. The van der Waals surface area contributed by atoms with Crippen LogP contribution in [0.5, 0.6) is 0 Å². The fourth-order valence-electron chi connectivity index (χ4n) is 3.04. The van der Waals surface area contributed by atoms with Crippen molar-refractivity contribution in [1.29, 1.82) is 0 Å². The summed E-state index contributed by atoms with van der Waals surface area (Å²) >= 11 is 1.92. The van der Waals surface area contributed by atoms with Crippen molar-refractivity contribution >= 4 is 11.3 Å². The van der Waals surface area contributed by atoms with Gasteiger partial charge < -0.3 is 10.1 Å². The third-order valence-corrected chi connectivity index (χ3v) is 5.12. The quantitative estimate of drug-likeness (QED) is 0.912. The van der Waals surface area contributed by atoms with Gasteiger partial charge in [0.1, 0.15) is 0 Å². The Labute approximate surface area is 113 Å². The molecular formula is C14H22N2OS. The molecule has 0 aromatic carbocycles. The van der Waals surface area contributed by atoms with Crippen LogP contribution in [0, 0.1) is 12.8 Å². The second-order valence-electron chi connectivity index (χ2n) is 5.50. The Morgan fingerprint density at radius 1 is 1.33 bits per heavy atom. The molecule has 0 radical (unpaired) electrons. The highest BCUT2D eigenvalue weighted by molar-refractivity contribution is 7.11. The third kappa shape index (κ3) is 2.76. The number of nitrogens with zero attached hydrogens (tertiary/aromatic N) is 1. The summed E-state index contributed by atoms with van der Waals surface area (Å²) in [7, 11) is 0. The van der Waals surface area contributed by atoms with E-state index in [1.165, 1.54) is 41.5 Å². The first-order chi connectivity index (χ1) is 8.83. The van der Waals surface area contributed by atoms with E-state index < -0.39 is 0 Å². The number of hydrogen-bond donors (Lipinski definition) is 1. The lowest BCUT2D eigenvalue weighted by Crippen LogP contribution is -2.15. The minimum absolute atomic E-state index is 0.644. The largest absolute Gasteiger partial charge is 0.381 e. The van der Waals surface area contributed by atoms with Crippen LogP contribution in [0.4, 0.5) is 0 Å². The number of rotatable bonds is 3. The van der Waals surface area contributed by atoms with Crippen LogP contribution >= 0.6 is 11.3 Å². The molecule has 3 rings (SSSR count). The highest BCUT2D eigenvalue weighted by atomic mass is 32.1. The number of aromatic nitrogens is 1. The van der Waals surface area contributed by atoms with Gasteiger partial charge in [-0.05, 0) is 45.2 Å². The SMILES string of the molecule is Cc1sc(CC2CCNC2)nc1C1CCOCC1. The van der Waals surface area contributed by atoms with E-state index in [1.54, 1.807) is 0 Å². The van der Waals surface area contributed by atoms with Crippen LogP contribution < -0.4 is 5.32 Å². The zero-order valence-electron chi connectivity index (χ0n) is 11.1. The van der Waals surface area contributed by atoms with Crippen molar-refractivity contribution in [3.05, 3.63) is 15.6 Å². The van der Waals surface area contributed by atoms with E-state index in [9.17, 15) is 0 Å². The third-order valence-electron chi connectivity index (χ3n) is 4.11. The summed E-state index contributed by atoms with van der Waals surface area (Å²) < 4.78 is 5.44. The predicted molar refractivity (Wildman–Crippen MR) is 74.3 cm³/mol. The Morgan fingerprint density at radius 3 is 2.89 bits per heavy atom. The van der Waals surface area contributed by atoms with Gasteiger partial charge in [-0.2, -0.15) is 0 Å². The van der Waals surface area contributed by atoms with Gasteiger partial charge in [0.15, 0.2) is 0 Å². The number of ether oxygens (including phenoxy) is 1. The average Bonchev–Trinajstić information content (AvgIpc) is 3.01. The van der Waals surface area contributed by atoms with E-state index in [4.69, 9.17) is 9.72 Å². The van der Waals surface area contributed by atoms with Crippen LogP contribution in [0.1, 0.15) is 40.8 Å². The normalized spacial score (nSPS) is 25.7. The van der Waals surface area contributed by atoms with Crippen molar-refractivity contribution in [1.82, 2.24) is 10.3 Å². The molecule has 1 N–H and O–H groups in total. The molecule has 0 amide bonds. The van der Waals surface area contributed by atoms with E-state index in [0.29, 0.717) is 5.92 Å². The monoisotopic (exact) mass is 266 g/mol. The predicted octanol–water partition coefficient (Wildman–Crippen LogP) is 2.50. The maximum Gasteiger partial charge on any atom is 0.0934 e. The van der Waals surface area contributed by atoms with Gasteiger partial charge in [0, 0.05) is 30.4 Å². The summed E-state index contributed by atoms with van der Waals surface area (Å²) in [6.45, 7) is 6.40. The standard InChI is InChI=1S/C14H22N2OS/c1-10-14(12-3-6-17-7-4-12)16-13(18-10)8-11-2-5-15-9-11/h11-12,15H,2-9H2,1H3. The highest BCUT2D eigenvalue weighted by Gasteiger charge is 2.23. The molecule has 1 aromatic heterocycles. The van der Waals surface area contributed by atoms with E-state index in [0.717, 1.165) is 32.0 Å². The summed E-state index contributed by atoms with van der Waals surface area (Å²) in [5.41, 5.74) is 1.37. The molecule has 100 valence electrons. The summed E-state index contributed by atoms with van der Waals surface area (Å²) in [5.74, 6) is 1.45. The van der Waals surface area contributed by atoms with E-state index in [-0.39, 0.29) is 0 Å². The van der Waals surface area contributed by atoms with Gasteiger partial charge in [-0.1, -0.05) is 0 Å². The van der Waals surface area contributed by atoms with Crippen molar-refractivity contribution in [3.63, 3.8) is 0 Å². The molecular weight excluding hydrogens is 244 g/mol. The molecule has 2 saturated heterocycles. The van der Waals surface area contributed by atoms with Crippen molar-refractivity contribution < 1.29 is 4.74 Å². The molecule has 2 fully saturated rings. The van der Waals surface area contributed by atoms with Crippen LogP contribution in [0.25, 0.3) is 0 Å². The number of thiazole rings is 1. The van der Waals surface area contributed by atoms with Gasteiger partial charge in [-0.25, -0.2) is 4.98 Å². The van der Waals surface area contributed by atoms with Crippen molar-refractivity contribution in [2.45, 2.75) is 38.5 Å². The Morgan fingerprint density at radius 2 is 2.17 bits per heavy atom. The fraction of sp³-hybridized carbons (Fsp3) is 0.786. The van der Waals surface area contributed by atoms with Crippen LogP contribution in [0.2, 0.25) is 0 Å². The molecule has 1 unspecified atom stereocenters. The first-order valence-electron chi connectivity index (χ1n) is 7.07. The molecule has 0 aliphatic carbocycles. The van der Waals surface area contributed by atoms with E-state index in [2.05, 4.69) is 12.2 Å². The molecule has 2 aliphatic rings. The number of nitrogens with one attached hydrogen (secondary N) is 1. The Bertz CT molecular complexity index is 392. The Hall–Kier alpha value is -0.450. The van der Waals surface area contributed by atoms with Gasteiger partial charge in [-0.15, -0.1) is 11.3 Å². The molecule has 4 heteroatoms. The molecule has 0 saturated carbocycles. The second-order valence-corrected chi connectivity index (χ2v) is 6.79. The summed E-state index contributed by atoms with van der Waals surface area (Å²) in [5, 5.41) is 4.79. The van der Waals surface area contributed by atoms with Gasteiger partial charge >= 0.3 is 0 Å². The molecule has 3 nitrogen and oxygen atoms in total. The van der Waals surface area contributed by atoms with Crippen molar-refractivity contribution in [2.75, 3.05) is 26.3 Å². The smallest absolute Gasteiger partial charge is 0.0934 e. The minimum atomic E-state index is 0.644. The van der Waals surface area contributed by atoms with Crippen LogP contribution in [0.15, 0.2) is 0 Å². The van der Waals surface area contributed by atoms with Crippen LogP contribution in [-0.2, 0) is 11.2 Å². The lowest BCUT2D eigenvalue weighted by molar-refractivity contribution is 0.0845. The number of aryl methyl sites for hydroxylation is 1. The van der Waals surface area contributed by atoms with Gasteiger partial charge in [0.25, 0.3) is 0 Å². The van der Waals surface area contributed by atoms with Gasteiger partial charge in [0.05, 0.1) is 10.7 Å². The van der Waals surface area contributed by atoms with Gasteiger partial charge in [0.2, 0.25) is 0 Å². The zero-order valence-corrected chi connectivity index (χ0v) is 11.9. The van der Waals surface area contributed by atoms with Crippen LogP contribution in [-0.4, -0.2) is 31.3 Å².